The van der Waals surface area contributed by atoms with Gasteiger partial charge in [0.15, 0.2) is 5.13 Å². The molecule has 1 heterocycles. The third kappa shape index (κ3) is 3.85. The highest BCUT2D eigenvalue weighted by atomic mass is 32.1. The number of anilines is 1. The molecule has 0 bridgehead atoms. The minimum Gasteiger partial charge on any atom is -0.293 e. The fraction of sp³-hybridized carbons (Fsp3) is 0.286. The number of benzene rings is 1. The van der Waals surface area contributed by atoms with Gasteiger partial charge in [-0.1, -0.05) is 12.1 Å². The van der Waals surface area contributed by atoms with Crippen LogP contribution in [0.4, 0.5) is 9.52 Å². The van der Waals surface area contributed by atoms with Gasteiger partial charge < -0.3 is 0 Å². The minimum atomic E-state index is -0.262. The van der Waals surface area contributed by atoms with E-state index in [9.17, 15) is 9.18 Å². The Kier molecular flexibility index (Phi) is 4.81. The van der Waals surface area contributed by atoms with E-state index >= 15 is 0 Å². The number of aromatic nitrogens is 1. The Morgan fingerprint density at radius 3 is 2.85 bits per heavy atom. The van der Waals surface area contributed by atoms with Crippen LogP contribution in [0.5, 0.6) is 0 Å². The Morgan fingerprint density at radius 1 is 1.40 bits per heavy atom. The molecule has 4 nitrogen and oxygen atoms in total. The average molecular weight is 293 g/mol. The second kappa shape index (κ2) is 6.58. The van der Waals surface area contributed by atoms with Crippen molar-refractivity contribution in [1.82, 2.24) is 9.88 Å². The zero-order valence-electron chi connectivity index (χ0n) is 11.4. The number of carbonyl (C=O) groups excluding carboxylic acids is 1. The van der Waals surface area contributed by atoms with Crippen LogP contribution in [0.1, 0.15) is 5.56 Å². The lowest BCUT2D eigenvalue weighted by atomic mass is 10.2. The van der Waals surface area contributed by atoms with Gasteiger partial charge in [0, 0.05) is 25.2 Å². The van der Waals surface area contributed by atoms with Crippen molar-refractivity contribution in [3.05, 3.63) is 47.2 Å². The van der Waals surface area contributed by atoms with Gasteiger partial charge in [0.2, 0.25) is 5.91 Å². The van der Waals surface area contributed by atoms with E-state index in [0.29, 0.717) is 11.7 Å². The summed E-state index contributed by atoms with van der Waals surface area (Å²) < 4.78 is 13.1. The Hall–Kier alpha value is -1.79. The second-order valence-electron chi connectivity index (χ2n) is 4.57. The Bertz CT molecular complexity index is 574. The summed E-state index contributed by atoms with van der Waals surface area (Å²) in [5, 5.41) is 2.50. The van der Waals surface area contributed by atoms with Crippen molar-refractivity contribution in [2.24, 2.45) is 0 Å². The molecule has 2 rings (SSSR count). The monoisotopic (exact) mass is 293 g/mol. The van der Waals surface area contributed by atoms with Crippen molar-refractivity contribution in [3.63, 3.8) is 0 Å². The van der Waals surface area contributed by atoms with Crippen LogP contribution in [0.2, 0.25) is 0 Å². The van der Waals surface area contributed by atoms with Gasteiger partial charge in [-0.2, -0.15) is 0 Å². The molecule has 0 saturated heterocycles. The number of nitrogens with zero attached hydrogens (tertiary/aromatic N) is 3. The Labute approximate surface area is 121 Å². The fourth-order valence-corrected chi connectivity index (χ4v) is 2.45. The number of likely N-dealkylation sites (N-methyl/N-ethyl adjacent to an activating group) is 2. The average Bonchev–Trinajstić information content (AvgIpc) is 2.91. The first kappa shape index (κ1) is 14.6. The lowest BCUT2D eigenvalue weighted by Crippen LogP contribution is -2.36. The molecule has 0 unspecified atom stereocenters. The maximum Gasteiger partial charge on any atom is 0.242 e. The summed E-state index contributed by atoms with van der Waals surface area (Å²) in [6, 6.07) is 6.40. The molecule has 1 aromatic heterocycles. The number of rotatable bonds is 5. The summed E-state index contributed by atoms with van der Waals surface area (Å²) in [7, 11) is 3.54. The largest absolute Gasteiger partial charge is 0.293 e. The lowest BCUT2D eigenvalue weighted by molar-refractivity contribution is -0.119. The van der Waals surface area contributed by atoms with Gasteiger partial charge in [-0.15, -0.1) is 11.3 Å². The van der Waals surface area contributed by atoms with E-state index in [2.05, 4.69) is 4.98 Å². The van der Waals surface area contributed by atoms with E-state index in [-0.39, 0.29) is 18.3 Å². The van der Waals surface area contributed by atoms with Crippen molar-refractivity contribution in [2.45, 2.75) is 6.54 Å². The van der Waals surface area contributed by atoms with E-state index in [4.69, 9.17) is 0 Å². The molecule has 0 aliphatic heterocycles. The van der Waals surface area contributed by atoms with Gasteiger partial charge in [-0.3, -0.25) is 14.6 Å². The van der Waals surface area contributed by atoms with Gasteiger partial charge in [0.25, 0.3) is 0 Å². The number of thiazole rings is 1. The molecule has 0 radical (unpaired) electrons. The molecular formula is C14H16FN3OS. The van der Waals surface area contributed by atoms with E-state index in [1.807, 2.05) is 23.4 Å². The summed E-state index contributed by atoms with van der Waals surface area (Å²) in [4.78, 5) is 19.6. The van der Waals surface area contributed by atoms with E-state index in [0.717, 1.165) is 5.56 Å². The first-order chi connectivity index (χ1) is 9.56. The smallest absolute Gasteiger partial charge is 0.242 e. The molecule has 1 aromatic carbocycles. The van der Waals surface area contributed by atoms with Gasteiger partial charge in [-0.25, -0.2) is 9.37 Å². The number of hydrogen-bond donors (Lipinski definition) is 0. The highest BCUT2D eigenvalue weighted by molar-refractivity contribution is 7.13. The molecule has 0 N–H and O–H groups in total. The van der Waals surface area contributed by atoms with Gasteiger partial charge in [-0.05, 0) is 24.7 Å². The van der Waals surface area contributed by atoms with Crippen LogP contribution >= 0.6 is 11.3 Å². The number of halogens is 1. The van der Waals surface area contributed by atoms with Crippen LogP contribution < -0.4 is 4.90 Å². The van der Waals surface area contributed by atoms with Crippen LogP contribution in [0.3, 0.4) is 0 Å². The van der Waals surface area contributed by atoms with Crippen molar-refractivity contribution >= 4 is 22.4 Å². The van der Waals surface area contributed by atoms with Gasteiger partial charge in [0.1, 0.15) is 5.82 Å². The normalized spacial score (nSPS) is 10.8. The van der Waals surface area contributed by atoms with Crippen molar-refractivity contribution < 1.29 is 9.18 Å². The van der Waals surface area contributed by atoms with Gasteiger partial charge in [0.05, 0.1) is 6.54 Å². The zero-order valence-corrected chi connectivity index (χ0v) is 12.2. The lowest BCUT2D eigenvalue weighted by Gasteiger charge is -2.20. The molecule has 0 spiro atoms. The third-order valence-corrected chi connectivity index (χ3v) is 3.67. The predicted molar refractivity (Wildman–Crippen MR) is 78.3 cm³/mol. The number of amides is 1. The molecule has 1 amide bonds. The van der Waals surface area contributed by atoms with Crippen LogP contribution in [-0.4, -0.2) is 36.4 Å². The summed E-state index contributed by atoms with van der Waals surface area (Å²) in [6.45, 7) is 0.780. The SMILES string of the molecule is CN(CC(=O)N(C)c1nccs1)Cc1cccc(F)c1. The number of carbonyl (C=O) groups is 1. The van der Waals surface area contributed by atoms with E-state index in [1.54, 1.807) is 19.3 Å². The van der Waals surface area contributed by atoms with Crippen LogP contribution in [0.25, 0.3) is 0 Å². The molecular weight excluding hydrogens is 277 g/mol. The predicted octanol–water partition coefficient (Wildman–Crippen LogP) is 2.38. The second-order valence-corrected chi connectivity index (χ2v) is 5.44. The zero-order chi connectivity index (χ0) is 14.5. The van der Waals surface area contributed by atoms with Crippen LogP contribution in [0, 0.1) is 5.82 Å². The molecule has 106 valence electrons. The van der Waals surface area contributed by atoms with E-state index in [1.165, 1.54) is 28.4 Å². The van der Waals surface area contributed by atoms with E-state index < -0.39 is 0 Å². The van der Waals surface area contributed by atoms with Crippen LogP contribution in [-0.2, 0) is 11.3 Å². The van der Waals surface area contributed by atoms with Gasteiger partial charge >= 0.3 is 0 Å². The van der Waals surface area contributed by atoms with Crippen molar-refractivity contribution in [3.8, 4) is 0 Å². The molecule has 0 aliphatic carbocycles. The Balaban J connectivity index is 1.91. The topological polar surface area (TPSA) is 36.4 Å². The minimum absolute atomic E-state index is 0.0427. The highest BCUT2D eigenvalue weighted by Gasteiger charge is 2.15. The summed E-state index contributed by atoms with van der Waals surface area (Å²) >= 11 is 1.42. The molecule has 0 saturated carbocycles. The standard InChI is InChI=1S/C14H16FN3OS/c1-17(9-11-4-3-5-12(15)8-11)10-13(19)18(2)14-16-6-7-20-14/h3-8H,9-10H2,1-2H3. The quantitative estimate of drug-likeness (QED) is 0.849. The molecule has 0 aliphatic rings. The molecule has 6 heteroatoms. The summed E-state index contributed by atoms with van der Waals surface area (Å²) in [5.74, 6) is -0.305. The van der Waals surface area contributed by atoms with Crippen molar-refractivity contribution in [1.29, 1.82) is 0 Å². The molecule has 0 fully saturated rings. The third-order valence-electron chi connectivity index (χ3n) is 2.83. The molecule has 0 atom stereocenters. The Morgan fingerprint density at radius 2 is 2.20 bits per heavy atom. The maximum atomic E-state index is 13.1. The molecule has 20 heavy (non-hydrogen) atoms. The molecule has 2 aromatic rings. The number of hydrogen-bond acceptors (Lipinski definition) is 4. The first-order valence-corrected chi connectivity index (χ1v) is 7.03. The van der Waals surface area contributed by atoms with Crippen molar-refractivity contribution in [2.75, 3.05) is 25.5 Å². The maximum absolute atomic E-state index is 13.1. The van der Waals surface area contributed by atoms with Crippen LogP contribution in [0.15, 0.2) is 35.8 Å². The fourth-order valence-electron chi connectivity index (χ4n) is 1.83. The summed E-state index contributed by atoms with van der Waals surface area (Å²) in [5.41, 5.74) is 0.845. The highest BCUT2D eigenvalue weighted by Crippen LogP contribution is 2.15. The first-order valence-electron chi connectivity index (χ1n) is 6.15. The summed E-state index contributed by atoms with van der Waals surface area (Å²) in [6.07, 6.45) is 1.67.